The van der Waals surface area contributed by atoms with Gasteiger partial charge in [-0.15, -0.1) is 0 Å². The molecular formula is C13H14FNO4S. The maximum atomic E-state index is 13.4. The summed E-state index contributed by atoms with van der Waals surface area (Å²) < 4.78 is 45.3. The van der Waals surface area contributed by atoms with E-state index >= 15 is 0 Å². The molecule has 5 nitrogen and oxygen atoms in total. The van der Waals surface area contributed by atoms with E-state index in [-0.39, 0.29) is 16.2 Å². The highest BCUT2D eigenvalue weighted by molar-refractivity contribution is 7.89. The van der Waals surface area contributed by atoms with Crippen molar-refractivity contribution in [3.8, 4) is 0 Å². The van der Waals surface area contributed by atoms with Gasteiger partial charge in [0.05, 0.1) is 17.8 Å². The number of sulfonamides is 1. The molecule has 0 saturated heterocycles. The van der Waals surface area contributed by atoms with Crippen molar-refractivity contribution < 1.29 is 22.3 Å². The van der Waals surface area contributed by atoms with E-state index in [0.717, 1.165) is 0 Å². The van der Waals surface area contributed by atoms with E-state index in [2.05, 4.69) is 4.72 Å². The highest BCUT2D eigenvalue weighted by Gasteiger charge is 2.24. The van der Waals surface area contributed by atoms with Crippen LogP contribution >= 0.6 is 0 Å². The Morgan fingerprint density at radius 2 is 2.10 bits per heavy atom. The largest absolute Gasteiger partial charge is 0.468 e. The molecule has 1 aromatic heterocycles. The number of furan rings is 1. The summed E-state index contributed by atoms with van der Waals surface area (Å²) in [7, 11) is -3.96. The second-order valence-corrected chi connectivity index (χ2v) is 5.92. The molecule has 0 aliphatic heterocycles. The van der Waals surface area contributed by atoms with Crippen LogP contribution in [0.3, 0.4) is 0 Å². The first-order valence-electron chi connectivity index (χ1n) is 5.87. The van der Waals surface area contributed by atoms with E-state index in [1.165, 1.54) is 31.4 Å². The lowest BCUT2D eigenvalue weighted by molar-refractivity contribution is 0.242. The Balaban J connectivity index is 2.33. The average molecular weight is 299 g/mol. The van der Waals surface area contributed by atoms with Gasteiger partial charge in [0.25, 0.3) is 0 Å². The van der Waals surface area contributed by atoms with Gasteiger partial charge in [-0.05, 0) is 31.2 Å². The van der Waals surface area contributed by atoms with Gasteiger partial charge in [-0.25, -0.2) is 12.8 Å². The maximum absolute atomic E-state index is 13.4. The SMILES string of the molecule is Cc1c(F)cccc1S(=O)(=O)NC(CO)c1ccco1. The van der Waals surface area contributed by atoms with Gasteiger partial charge in [0.15, 0.2) is 0 Å². The first-order valence-corrected chi connectivity index (χ1v) is 7.35. The fourth-order valence-corrected chi connectivity index (χ4v) is 3.25. The Morgan fingerprint density at radius 3 is 2.70 bits per heavy atom. The van der Waals surface area contributed by atoms with Crippen molar-refractivity contribution in [2.75, 3.05) is 6.61 Å². The smallest absolute Gasteiger partial charge is 0.241 e. The lowest BCUT2D eigenvalue weighted by Gasteiger charge is -2.15. The van der Waals surface area contributed by atoms with E-state index in [1.54, 1.807) is 12.1 Å². The fourth-order valence-electron chi connectivity index (χ4n) is 1.80. The molecule has 20 heavy (non-hydrogen) atoms. The van der Waals surface area contributed by atoms with Crippen LogP contribution in [0.5, 0.6) is 0 Å². The average Bonchev–Trinajstić information content (AvgIpc) is 2.93. The number of hydrogen-bond acceptors (Lipinski definition) is 4. The number of aliphatic hydroxyl groups excluding tert-OH is 1. The predicted molar refractivity (Wildman–Crippen MR) is 70.0 cm³/mol. The van der Waals surface area contributed by atoms with Gasteiger partial charge in [0.2, 0.25) is 10.0 Å². The Morgan fingerprint density at radius 1 is 1.35 bits per heavy atom. The highest BCUT2D eigenvalue weighted by Crippen LogP contribution is 2.21. The van der Waals surface area contributed by atoms with Crippen LogP contribution < -0.4 is 4.72 Å². The third-order valence-corrected chi connectivity index (χ3v) is 4.49. The topological polar surface area (TPSA) is 79.5 Å². The zero-order chi connectivity index (χ0) is 14.8. The summed E-state index contributed by atoms with van der Waals surface area (Å²) in [5.41, 5.74) is 0.0242. The monoisotopic (exact) mass is 299 g/mol. The van der Waals surface area contributed by atoms with Crippen LogP contribution in [-0.4, -0.2) is 20.1 Å². The summed E-state index contributed by atoms with van der Waals surface area (Å²) in [5.74, 6) is -0.323. The Bertz CT molecular complexity index is 682. The van der Waals surface area contributed by atoms with Crippen molar-refractivity contribution >= 4 is 10.0 Å². The molecule has 2 N–H and O–H groups in total. The molecule has 0 bridgehead atoms. The van der Waals surface area contributed by atoms with E-state index in [1.807, 2.05) is 0 Å². The van der Waals surface area contributed by atoms with Crippen LogP contribution in [0.25, 0.3) is 0 Å². The van der Waals surface area contributed by atoms with Crippen LogP contribution in [0.4, 0.5) is 4.39 Å². The van der Waals surface area contributed by atoms with E-state index in [0.29, 0.717) is 0 Å². The zero-order valence-corrected chi connectivity index (χ0v) is 11.5. The normalized spacial score (nSPS) is 13.3. The standard InChI is InChI=1S/C13H14FNO4S/c1-9-10(14)4-2-6-13(9)20(17,18)15-11(8-16)12-5-3-7-19-12/h2-7,11,15-16H,8H2,1H3. The maximum Gasteiger partial charge on any atom is 0.241 e. The van der Waals surface area contributed by atoms with Gasteiger partial charge in [0.1, 0.15) is 17.6 Å². The third-order valence-electron chi connectivity index (χ3n) is 2.87. The lowest BCUT2D eigenvalue weighted by atomic mass is 10.2. The lowest BCUT2D eigenvalue weighted by Crippen LogP contribution is -2.31. The van der Waals surface area contributed by atoms with E-state index < -0.39 is 28.5 Å². The van der Waals surface area contributed by atoms with Gasteiger partial charge in [-0.3, -0.25) is 0 Å². The van der Waals surface area contributed by atoms with E-state index in [9.17, 15) is 17.9 Å². The van der Waals surface area contributed by atoms with Crippen molar-refractivity contribution in [1.29, 1.82) is 0 Å². The minimum absolute atomic E-state index is 0.0242. The van der Waals surface area contributed by atoms with Gasteiger partial charge < -0.3 is 9.52 Å². The predicted octanol–water partition coefficient (Wildman–Crippen LogP) is 1.74. The van der Waals surface area contributed by atoms with Crippen molar-refractivity contribution in [2.24, 2.45) is 0 Å². The van der Waals surface area contributed by atoms with Gasteiger partial charge in [-0.1, -0.05) is 6.07 Å². The minimum Gasteiger partial charge on any atom is -0.468 e. The van der Waals surface area contributed by atoms with Crippen molar-refractivity contribution in [1.82, 2.24) is 4.72 Å². The number of rotatable bonds is 5. The molecule has 0 aliphatic rings. The van der Waals surface area contributed by atoms with Crippen molar-refractivity contribution in [3.05, 3.63) is 53.7 Å². The molecule has 0 spiro atoms. The Labute approximate surface area is 116 Å². The molecular weight excluding hydrogens is 285 g/mol. The number of nitrogens with one attached hydrogen (secondary N) is 1. The molecule has 2 aromatic rings. The molecule has 1 aromatic carbocycles. The second-order valence-electron chi connectivity index (χ2n) is 4.23. The summed E-state index contributed by atoms with van der Waals surface area (Å²) in [5, 5.41) is 9.27. The summed E-state index contributed by atoms with van der Waals surface area (Å²) in [6.07, 6.45) is 1.37. The van der Waals surface area contributed by atoms with Gasteiger partial charge in [-0.2, -0.15) is 4.72 Å². The van der Waals surface area contributed by atoms with Gasteiger partial charge in [0, 0.05) is 5.56 Å². The number of benzene rings is 1. The summed E-state index contributed by atoms with van der Waals surface area (Å²) >= 11 is 0. The first-order chi connectivity index (χ1) is 9.45. The summed E-state index contributed by atoms with van der Waals surface area (Å²) in [6.45, 7) is 0.909. The van der Waals surface area contributed by atoms with Gasteiger partial charge >= 0.3 is 0 Å². The van der Waals surface area contributed by atoms with Crippen LogP contribution in [0.1, 0.15) is 17.4 Å². The van der Waals surface area contributed by atoms with Crippen LogP contribution in [0.15, 0.2) is 45.9 Å². The summed E-state index contributed by atoms with van der Waals surface area (Å²) in [4.78, 5) is -0.164. The Hall–Kier alpha value is -1.70. The molecule has 7 heteroatoms. The fraction of sp³-hybridized carbons (Fsp3) is 0.231. The molecule has 0 amide bonds. The molecule has 1 heterocycles. The molecule has 1 unspecified atom stereocenters. The molecule has 0 radical (unpaired) electrons. The quantitative estimate of drug-likeness (QED) is 0.881. The number of aliphatic hydroxyl groups is 1. The molecule has 1 atom stereocenters. The summed E-state index contributed by atoms with van der Waals surface area (Å²) in [6, 6.07) is 6.01. The third kappa shape index (κ3) is 2.90. The highest BCUT2D eigenvalue weighted by atomic mass is 32.2. The first kappa shape index (κ1) is 14.7. The number of hydrogen-bond donors (Lipinski definition) is 2. The number of halogens is 1. The zero-order valence-electron chi connectivity index (χ0n) is 10.7. The van der Waals surface area contributed by atoms with Crippen molar-refractivity contribution in [3.63, 3.8) is 0 Å². The van der Waals surface area contributed by atoms with Crippen LogP contribution in [0.2, 0.25) is 0 Å². The minimum atomic E-state index is -3.96. The molecule has 0 aliphatic carbocycles. The second kappa shape index (κ2) is 5.74. The molecule has 108 valence electrons. The Kier molecular flexibility index (Phi) is 4.22. The molecule has 2 rings (SSSR count). The van der Waals surface area contributed by atoms with Crippen molar-refractivity contribution in [2.45, 2.75) is 17.9 Å². The molecule has 0 saturated carbocycles. The van der Waals surface area contributed by atoms with Crippen LogP contribution in [-0.2, 0) is 10.0 Å². The van der Waals surface area contributed by atoms with Crippen LogP contribution in [0, 0.1) is 12.7 Å². The van der Waals surface area contributed by atoms with E-state index in [4.69, 9.17) is 4.42 Å². The molecule has 0 fully saturated rings.